The number of carbonyl (C=O) groups excluding carboxylic acids is 1. The van der Waals surface area contributed by atoms with E-state index in [1.807, 2.05) is 80.6 Å². The van der Waals surface area contributed by atoms with Crippen molar-refractivity contribution in [1.29, 1.82) is 0 Å². The van der Waals surface area contributed by atoms with Gasteiger partial charge in [0.25, 0.3) is 0 Å². The number of ether oxygens (including phenoxy) is 1. The quantitative estimate of drug-likeness (QED) is 0.391. The number of anilines is 1. The van der Waals surface area contributed by atoms with Crippen LogP contribution < -0.4 is 10.1 Å². The number of nitrogens with one attached hydrogen (secondary N) is 2. The van der Waals surface area contributed by atoms with Crippen molar-refractivity contribution in [3.63, 3.8) is 0 Å². The van der Waals surface area contributed by atoms with E-state index < -0.39 is 0 Å². The van der Waals surface area contributed by atoms with Gasteiger partial charge < -0.3 is 15.0 Å². The van der Waals surface area contributed by atoms with Gasteiger partial charge in [0.05, 0.1) is 12.8 Å². The summed E-state index contributed by atoms with van der Waals surface area (Å²) < 4.78 is 5.37. The number of para-hydroxylation sites is 3. The van der Waals surface area contributed by atoms with E-state index in [4.69, 9.17) is 4.74 Å². The molecule has 1 aromatic heterocycles. The highest BCUT2D eigenvalue weighted by molar-refractivity contribution is 5.96. The van der Waals surface area contributed by atoms with Gasteiger partial charge >= 0.3 is 0 Å². The number of carbonyl (C=O) groups is 1. The first-order chi connectivity index (χ1) is 14.7. The molecule has 4 rings (SSSR count). The molecule has 0 fully saturated rings. The number of H-pyrrole nitrogens is 1. The molecule has 4 nitrogen and oxygen atoms in total. The monoisotopic (exact) mass is 400 g/mol. The van der Waals surface area contributed by atoms with Gasteiger partial charge in [-0.05, 0) is 36.2 Å². The number of aromatic nitrogens is 1. The number of aromatic amines is 1. The van der Waals surface area contributed by atoms with Gasteiger partial charge in [0.2, 0.25) is 5.91 Å². The predicted molar refractivity (Wildman–Crippen MR) is 125 cm³/mol. The lowest BCUT2D eigenvalue weighted by molar-refractivity contribution is -0.116. The third kappa shape index (κ3) is 4.90. The van der Waals surface area contributed by atoms with Gasteiger partial charge in [0, 0.05) is 28.6 Å². The van der Waals surface area contributed by atoms with E-state index in [0.717, 1.165) is 39.2 Å². The van der Waals surface area contributed by atoms with Crippen LogP contribution in [0.15, 0.2) is 78.9 Å². The fraction of sp³-hybridized carbons (Fsp3) is 0.192. The summed E-state index contributed by atoms with van der Waals surface area (Å²) in [6.45, 7) is 4.00. The van der Waals surface area contributed by atoms with Crippen LogP contribution in [0.5, 0.6) is 5.75 Å². The smallest absolute Gasteiger partial charge is 0.224 e. The van der Waals surface area contributed by atoms with Crippen molar-refractivity contribution < 1.29 is 9.53 Å². The van der Waals surface area contributed by atoms with E-state index in [0.29, 0.717) is 12.8 Å². The normalized spacial score (nSPS) is 10.2. The maximum Gasteiger partial charge on any atom is 0.224 e. The van der Waals surface area contributed by atoms with Crippen molar-refractivity contribution in [1.82, 2.24) is 4.98 Å². The minimum absolute atomic E-state index is 0.0190. The Morgan fingerprint density at radius 3 is 2.43 bits per heavy atom. The van der Waals surface area contributed by atoms with E-state index in [1.54, 1.807) is 7.11 Å². The molecule has 1 amide bonds. The molecule has 0 aliphatic carbocycles. The Balaban J connectivity index is 0.00000124. The van der Waals surface area contributed by atoms with Crippen LogP contribution in [0.2, 0.25) is 0 Å². The fourth-order valence-corrected chi connectivity index (χ4v) is 3.42. The van der Waals surface area contributed by atoms with Gasteiger partial charge in [-0.25, -0.2) is 0 Å². The Kier molecular flexibility index (Phi) is 7.28. The topological polar surface area (TPSA) is 54.1 Å². The Morgan fingerprint density at radius 2 is 1.63 bits per heavy atom. The second-order valence-corrected chi connectivity index (χ2v) is 6.68. The van der Waals surface area contributed by atoms with E-state index in [1.165, 1.54) is 0 Å². The Morgan fingerprint density at radius 1 is 0.933 bits per heavy atom. The zero-order valence-electron chi connectivity index (χ0n) is 17.7. The molecular weight excluding hydrogens is 372 g/mol. The molecule has 0 saturated carbocycles. The molecule has 0 aliphatic rings. The summed E-state index contributed by atoms with van der Waals surface area (Å²) in [5.74, 6) is 0.795. The summed E-state index contributed by atoms with van der Waals surface area (Å²) >= 11 is 0. The highest BCUT2D eigenvalue weighted by Crippen LogP contribution is 2.30. The van der Waals surface area contributed by atoms with E-state index in [2.05, 4.69) is 22.4 Å². The lowest BCUT2D eigenvalue weighted by Crippen LogP contribution is -2.13. The average Bonchev–Trinajstić information content (AvgIpc) is 3.23. The van der Waals surface area contributed by atoms with E-state index in [-0.39, 0.29) is 5.91 Å². The first kappa shape index (κ1) is 21.2. The zero-order valence-corrected chi connectivity index (χ0v) is 17.7. The third-order valence-electron chi connectivity index (χ3n) is 4.84. The van der Waals surface area contributed by atoms with Crippen LogP contribution in [0.1, 0.15) is 25.8 Å². The van der Waals surface area contributed by atoms with Gasteiger partial charge in [0.15, 0.2) is 0 Å². The first-order valence-corrected chi connectivity index (χ1v) is 10.3. The van der Waals surface area contributed by atoms with Crippen LogP contribution in [-0.4, -0.2) is 18.0 Å². The summed E-state index contributed by atoms with van der Waals surface area (Å²) in [6, 6.07) is 25.9. The van der Waals surface area contributed by atoms with Crippen LogP contribution in [0.3, 0.4) is 0 Å². The molecule has 0 saturated heterocycles. The highest BCUT2D eigenvalue weighted by Gasteiger charge is 2.11. The van der Waals surface area contributed by atoms with Crippen molar-refractivity contribution in [2.45, 2.75) is 26.7 Å². The molecule has 0 atom stereocenters. The molecule has 0 radical (unpaired) electrons. The summed E-state index contributed by atoms with van der Waals surface area (Å²) in [7, 11) is 1.65. The number of hydrogen-bond acceptors (Lipinski definition) is 2. The largest absolute Gasteiger partial charge is 0.496 e. The molecule has 0 bridgehead atoms. The molecule has 30 heavy (non-hydrogen) atoms. The first-order valence-electron chi connectivity index (χ1n) is 10.3. The molecule has 4 heteroatoms. The third-order valence-corrected chi connectivity index (χ3v) is 4.84. The summed E-state index contributed by atoms with van der Waals surface area (Å²) in [6.07, 6.45) is 1.02. The SMILES string of the molecule is CC.COc1ccccc1CCC(=O)Nc1ccccc1-c1cc2ccccc2[nH]1. The molecule has 0 unspecified atom stereocenters. The second-order valence-electron chi connectivity index (χ2n) is 6.68. The van der Waals surface area contributed by atoms with Crippen molar-refractivity contribution in [3.8, 4) is 17.0 Å². The lowest BCUT2D eigenvalue weighted by atomic mass is 10.1. The van der Waals surface area contributed by atoms with Crippen molar-refractivity contribution in [2.75, 3.05) is 12.4 Å². The van der Waals surface area contributed by atoms with Crippen molar-refractivity contribution in [2.24, 2.45) is 0 Å². The van der Waals surface area contributed by atoms with E-state index in [9.17, 15) is 4.79 Å². The minimum atomic E-state index is -0.0190. The molecule has 3 aromatic carbocycles. The minimum Gasteiger partial charge on any atom is -0.496 e. The number of benzene rings is 3. The standard InChI is InChI=1S/C24H22N2O2.C2H6/c1-28-23-13-7-3-8-17(23)14-15-24(27)26-21-12-6-4-10-19(21)22-16-18-9-2-5-11-20(18)25-22;1-2/h2-13,16,25H,14-15H2,1H3,(H,26,27);1-2H3. The van der Waals surface area contributed by atoms with Gasteiger partial charge in [0.1, 0.15) is 5.75 Å². The Bertz CT molecular complexity index is 1080. The van der Waals surface area contributed by atoms with Crippen LogP contribution >= 0.6 is 0 Å². The molecule has 2 N–H and O–H groups in total. The van der Waals surface area contributed by atoms with Crippen LogP contribution in [-0.2, 0) is 11.2 Å². The van der Waals surface area contributed by atoms with Crippen LogP contribution in [0.4, 0.5) is 5.69 Å². The Labute approximate surface area is 177 Å². The Hall–Kier alpha value is -3.53. The van der Waals surface area contributed by atoms with Crippen LogP contribution in [0, 0.1) is 0 Å². The lowest BCUT2D eigenvalue weighted by Gasteiger charge is -2.11. The maximum atomic E-state index is 12.6. The van der Waals surface area contributed by atoms with Gasteiger partial charge in [-0.1, -0.05) is 68.4 Å². The van der Waals surface area contributed by atoms with Crippen LogP contribution in [0.25, 0.3) is 22.2 Å². The molecule has 4 aromatic rings. The number of amides is 1. The number of fused-ring (bicyclic) bond motifs is 1. The molecule has 1 heterocycles. The fourth-order valence-electron chi connectivity index (χ4n) is 3.42. The maximum absolute atomic E-state index is 12.6. The molecule has 0 spiro atoms. The highest BCUT2D eigenvalue weighted by atomic mass is 16.5. The number of hydrogen-bond donors (Lipinski definition) is 2. The summed E-state index contributed by atoms with van der Waals surface area (Å²) in [5, 5.41) is 4.21. The predicted octanol–water partition coefficient (Wildman–Crippen LogP) is 6.44. The van der Waals surface area contributed by atoms with Crippen molar-refractivity contribution >= 4 is 22.5 Å². The van der Waals surface area contributed by atoms with E-state index >= 15 is 0 Å². The van der Waals surface area contributed by atoms with Gasteiger partial charge in [-0.15, -0.1) is 0 Å². The summed E-state index contributed by atoms with van der Waals surface area (Å²) in [4.78, 5) is 16.0. The molecular formula is C26H28N2O2. The number of aryl methyl sites for hydroxylation is 1. The average molecular weight is 401 g/mol. The number of rotatable bonds is 6. The zero-order chi connectivity index (χ0) is 21.3. The van der Waals surface area contributed by atoms with Crippen molar-refractivity contribution in [3.05, 3.63) is 84.4 Å². The van der Waals surface area contributed by atoms with Gasteiger partial charge in [-0.2, -0.15) is 0 Å². The number of methoxy groups -OCH3 is 1. The summed E-state index contributed by atoms with van der Waals surface area (Å²) in [5.41, 5.74) is 4.88. The van der Waals surface area contributed by atoms with Gasteiger partial charge in [-0.3, -0.25) is 4.79 Å². The second kappa shape index (κ2) is 10.3. The molecule has 154 valence electrons. The molecule has 0 aliphatic heterocycles.